The summed E-state index contributed by atoms with van der Waals surface area (Å²) < 4.78 is 21.3. The Morgan fingerprint density at radius 1 is 1.10 bits per heavy atom. The molecule has 9 heteroatoms. The number of nitrogens with zero attached hydrogens (tertiary/aromatic N) is 1. The minimum Gasteiger partial charge on any atom is -0.491 e. The number of amides is 2. The average molecular weight is 412 g/mol. The second-order valence-corrected chi connectivity index (χ2v) is 6.74. The van der Waals surface area contributed by atoms with Gasteiger partial charge in [0.05, 0.1) is 18.7 Å². The molecule has 2 aromatic rings. The number of esters is 1. The summed E-state index contributed by atoms with van der Waals surface area (Å²) in [6.45, 7) is 1.50. The van der Waals surface area contributed by atoms with Crippen molar-refractivity contribution in [2.45, 2.75) is 19.4 Å². The van der Waals surface area contributed by atoms with Crippen LogP contribution in [-0.2, 0) is 19.1 Å². The fourth-order valence-corrected chi connectivity index (χ4v) is 3.13. The van der Waals surface area contributed by atoms with Gasteiger partial charge in [-0.25, -0.2) is 0 Å². The number of fused-ring (bicyclic) bond motifs is 2. The third kappa shape index (κ3) is 4.14. The molecule has 0 saturated heterocycles. The summed E-state index contributed by atoms with van der Waals surface area (Å²) in [4.78, 5) is 38.5. The zero-order valence-corrected chi connectivity index (χ0v) is 16.3. The van der Waals surface area contributed by atoms with Gasteiger partial charge >= 0.3 is 5.97 Å². The Bertz CT molecular complexity index is 991. The zero-order chi connectivity index (χ0) is 21.1. The quantitative estimate of drug-likeness (QED) is 0.750. The molecule has 0 aromatic heterocycles. The maximum Gasteiger partial charge on any atom is 0.326 e. The fourth-order valence-electron chi connectivity index (χ4n) is 3.13. The van der Waals surface area contributed by atoms with Crippen LogP contribution in [-0.4, -0.2) is 43.8 Å². The van der Waals surface area contributed by atoms with E-state index in [-0.39, 0.29) is 32.3 Å². The normalized spacial score (nSPS) is 15.5. The van der Waals surface area contributed by atoms with Crippen molar-refractivity contribution in [3.63, 3.8) is 0 Å². The van der Waals surface area contributed by atoms with Gasteiger partial charge in [0, 0.05) is 11.8 Å². The number of nitrogens with one attached hydrogen (secondary N) is 1. The molecule has 0 radical (unpaired) electrons. The first kappa shape index (κ1) is 19.6. The van der Waals surface area contributed by atoms with Crippen LogP contribution in [0.25, 0.3) is 0 Å². The molecule has 2 heterocycles. The predicted octanol–water partition coefficient (Wildman–Crippen LogP) is 2.10. The smallest absolute Gasteiger partial charge is 0.326 e. The highest BCUT2D eigenvalue weighted by molar-refractivity contribution is 6.00. The summed E-state index contributed by atoms with van der Waals surface area (Å²) >= 11 is 0. The predicted molar refractivity (Wildman–Crippen MR) is 106 cm³/mol. The number of ether oxygens (including phenoxy) is 4. The number of anilines is 2. The van der Waals surface area contributed by atoms with Crippen LogP contribution in [0, 0.1) is 0 Å². The number of rotatable bonds is 5. The van der Waals surface area contributed by atoms with E-state index in [1.54, 1.807) is 42.5 Å². The van der Waals surface area contributed by atoms with Crippen molar-refractivity contribution in [3.8, 4) is 17.2 Å². The number of hydrogen-bond acceptors (Lipinski definition) is 7. The third-order valence-corrected chi connectivity index (χ3v) is 4.64. The first-order chi connectivity index (χ1) is 14.5. The van der Waals surface area contributed by atoms with Crippen LogP contribution in [0.2, 0.25) is 0 Å². The van der Waals surface area contributed by atoms with Crippen LogP contribution in [0.4, 0.5) is 11.4 Å². The van der Waals surface area contributed by atoms with Gasteiger partial charge in [-0.1, -0.05) is 12.1 Å². The maximum atomic E-state index is 12.4. The first-order valence-corrected chi connectivity index (χ1v) is 9.43. The van der Waals surface area contributed by atoms with Crippen molar-refractivity contribution >= 4 is 29.2 Å². The SMILES string of the molecule is C[C@@H](OC(=O)CN1C(=O)CCOc2ccccc21)C(=O)Nc1ccc2c(c1)OCO2. The molecule has 1 N–H and O–H groups in total. The molecule has 0 bridgehead atoms. The molecule has 2 amide bonds. The second kappa shape index (κ2) is 8.32. The van der Waals surface area contributed by atoms with Crippen LogP contribution in [0.15, 0.2) is 42.5 Å². The fraction of sp³-hybridized carbons (Fsp3) is 0.286. The number of carbonyl (C=O) groups excluding carboxylic acids is 3. The number of para-hydroxylation sites is 2. The lowest BCUT2D eigenvalue weighted by Gasteiger charge is -2.22. The van der Waals surface area contributed by atoms with Gasteiger partial charge in [0.1, 0.15) is 12.3 Å². The van der Waals surface area contributed by atoms with Gasteiger partial charge in [0.25, 0.3) is 5.91 Å². The van der Waals surface area contributed by atoms with Crippen molar-refractivity contribution in [2.24, 2.45) is 0 Å². The molecule has 156 valence electrons. The van der Waals surface area contributed by atoms with E-state index in [1.165, 1.54) is 11.8 Å². The van der Waals surface area contributed by atoms with E-state index in [0.717, 1.165) is 0 Å². The molecule has 2 aliphatic heterocycles. The van der Waals surface area contributed by atoms with Crippen molar-refractivity contribution in [2.75, 3.05) is 30.2 Å². The van der Waals surface area contributed by atoms with Crippen LogP contribution >= 0.6 is 0 Å². The Morgan fingerprint density at radius 3 is 2.77 bits per heavy atom. The standard InChI is InChI=1S/C21H20N2O7/c1-13(21(26)22-14-6-7-17-18(10-14)29-12-28-17)30-20(25)11-23-15-4-2-3-5-16(15)27-9-8-19(23)24/h2-7,10,13H,8-9,11-12H2,1H3,(H,22,26)/t13-/m1/s1. The van der Waals surface area contributed by atoms with Gasteiger partial charge in [-0.05, 0) is 31.2 Å². The molecule has 0 fully saturated rings. The van der Waals surface area contributed by atoms with Crippen molar-refractivity contribution in [1.82, 2.24) is 0 Å². The van der Waals surface area contributed by atoms with Crippen LogP contribution < -0.4 is 24.4 Å². The number of carbonyl (C=O) groups is 3. The maximum absolute atomic E-state index is 12.4. The van der Waals surface area contributed by atoms with Crippen LogP contribution in [0.5, 0.6) is 17.2 Å². The molecule has 0 aliphatic carbocycles. The molecular weight excluding hydrogens is 392 g/mol. The Morgan fingerprint density at radius 2 is 1.90 bits per heavy atom. The van der Waals surface area contributed by atoms with Crippen molar-refractivity contribution in [1.29, 1.82) is 0 Å². The Labute approximate surface area is 172 Å². The highest BCUT2D eigenvalue weighted by Crippen LogP contribution is 2.34. The summed E-state index contributed by atoms with van der Waals surface area (Å²) in [5.74, 6) is 0.178. The third-order valence-electron chi connectivity index (χ3n) is 4.64. The molecule has 4 rings (SSSR count). The summed E-state index contributed by atoms with van der Waals surface area (Å²) in [6, 6.07) is 11.9. The molecular formula is C21H20N2O7. The summed E-state index contributed by atoms with van der Waals surface area (Å²) in [6.07, 6.45) is -0.918. The van der Waals surface area contributed by atoms with Gasteiger partial charge in [0.15, 0.2) is 17.6 Å². The molecule has 0 spiro atoms. The lowest BCUT2D eigenvalue weighted by atomic mass is 10.2. The average Bonchev–Trinajstić information content (AvgIpc) is 3.14. The number of benzene rings is 2. The molecule has 30 heavy (non-hydrogen) atoms. The summed E-state index contributed by atoms with van der Waals surface area (Å²) in [5, 5.41) is 2.66. The topological polar surface area (TPSA) is 103 Å². The molecule has 2 aromatic carbocycles. The highest BCUT2D eigenvalue weighted by atomic mass is 16.7. The monoisotopic (exact) mass is 412 g/mol. The van der Waals surface area contributed by atoms with Gasteiger partial charge in [-0.15, -0.1) is 0 Å². The molecule has 9 nitrogen and oxygen atoms in total. The van der Waals surface area contributed by atoms with E-state index in [2.05, 4.69) is 5.32 Å². The van der Waals surface area contributed by atoms with E-state index in [4.69, 9.17) is 18.9 Å². The van der Waals surface area contributed by atoms with E-state index < -0.39 is 18.0 Å². The van der Waals surface area contributed by atoms with Gasteiger partial charge < -0.3 is 24.3 Å². The summed E-state index contributed by atoms with van der Waals surface area (Å²) in [5.41, 5.74) is 0.982. The minimum atomic E-state index is -1.06. The Hall–Kier alpha value is -3.75. The molecule has 0 saturated carbocycles. The van der Waals surface area contributed by atoms with E-state index in [9.17, 15) is 14.4 Å². The lowest BCUT2D eigenvalue weighted by molar-refractivity contribution is -0.152. The Kier molecular flexibility index (Phi) is 5.42. The zero-order valence-electron chi connectivity index (χ0n) is 16.3. The Balaban J connectivity index is 1.37. The van der Waals surface area contributed by atoms with E-state index >= 15 is 0 Å². The number of hydrogen-bond donors (Lipinski definition) is 1. The second-order valence-electron chi connectivity index (χ2n) is 6.74. The van der Waals surface area contributed by atoms with Gasteiger partial charge in [-0.2, -0.15) is 0 Å². The highest BCUT2D eigenvalue weighted by Gasteiger charge is 2.27. The van der Waals surface area contributed by atoms with Crippen LogP contribution in [0.1, 0.15) is 13.3 Å². The molecule has 2 aliphatic rings. The van der Waals surface area contributed by atoms with Gasteiger partial charge in [0.2, 0.25) is 12.7 Å². The van der Waals surface area contributed by atoms with Gasteiger partial charge in [-0.3, -0.25) is 19.3 Å². The van der Waals surface area contributed by atoms with Crippen molar-refractivity contribution < 1.29 is 33.3 Å². The largest absolute Gasteiger partial charge is 0.491 e. The first-order valence-electron chi connectivity index (χ1n) is 9.43. The molecule has 0 unspecified atom stereocenters. The van der Waals surface area contributed by atoms with Crippen molar-refractivity contribution in [3.05, 3.63) is 42.5 Å². The van der Waals surface area contributed by atoms with Crippen LogP contribution in [0.3, 0.4) is 0 Å². The van der Waals surface area contributed by atoms with E-state index in [1.807, 2.05) is 0 Å². The molecule has 1 atom stereocenters. The van der Waals surface area contributed by atoms with E-state index in [0.29, 0.717) is 28.6 Å². The summed E-state index contributed by atoms with van der Waals surface area (Å²) in [7, 11) is 0. The lowest BCUT2D eigenvalue weighted by Crippen LogP contribution is -2.39. The minimum absolute atomic E-state index is 0.129.